The molecule has 166 valence electrons. The van der Waals surface area contributed by atoms with Crippen molar-refractivity contribution in [3.8, 4) is 16.9 Å². The van der Waals surface area contributed by atoms with Crippen LogP contribution in [0.1, 0.15) is 29.8 Å². The predicted molar refractivity (Wildman–Crippen MR) is 126 cm³/mol. The van der Waals surface area contributed by atoms with Crippen LogP contribution in [0, 0.1) is 5.41 Å². The van der Waals surface area contributed by atoms with Crippen molar-refractivity contribution in [2.45, 2.75) is 26.4 Å². The van der Waals surface area contributed by atoms with Crippen molar-refractivity contribution in [2.75, 3.05) is 13.2 Å². The molecule has 2 aromatic carbocycles. The summed E-state index contributed by atoms with van der Waals surface area (Å²) >= 11 is 6.47. The van der Waals surface area contributed by atoms with E-state index in [1.165, 1.54) is 12.3 Å². The molecule has 0 aromatic heterocycles. The highest BCUT2D eigenvalue weighted by molar-refractivity contribution is 6.32. The highest BCUT2D eigenvalue weighted by Crippen LogP contribution is 2.39. The van der Waals surface area contributed by atoms with Crippen LogP contribution in [-0.2, 0) is 16.0 Å². The first-order valence-corrected chi connectivity index (χ1v) is 10.7. The highest BCUT2D eigenvalue weighted by atomic mass is 35.5. The van der Waals surface area contributed by atoms with Crippen molar-refractivity contribution in [1.82, 2.24) is 5.32 Å². The standard InChI is InChI=1S/C25H25ClN2O4/c1-3-16(14-27)5-10-23(29)28-15-21-12-20-11-19(13-22(26)24(20)32-21)17-6-8-18(9-7-17)25(30)31-4-2/h3,5-11,13-14,21,27H,4,12,15H2,1-2H3,(H,28,29). The smallest absolute Gasteiger partial charge is 0.338 e. The number of esters is 1. The van der Waals surface area contributed by atoms with Gasteiger partial charge in [-0.15, -0.1) is 0 Å². The molecule has 0 aliphatic carbocycles. The van der Waals surface area contributed by atoms with Crippen LogP contribution in [0.15, 0.2) is 60.2 Å². The molecule has 0 radical (unpaired) electrons. The lowest BCUT2D eigenvalue weighted by Crippen LogP contribution is -2.33. The van der Waals surface area contributed by atoms with E-state index < -0.39 is 0 Å². The van der Waals surface area contributed by atoms with Crippen LogP contribution in [0.4, 0.5) is 0 Å². The fourth-order valence-electron chi connectivity index (χ4n) is 3.35. The number of nitrogens with one attached hydrogen (secondary N) is 2. The molecular formula is C25H25ClN2O4. The summed E-state index contributed by atoms with van der Waals surface area (Å²) in [7, 11) is 0. The summed E-state index contributed by atoms with van der Waals surface area (Å²) in [5.41, 5.74) is 3.97. The molecule has 7 heteroatoms. The molecule has 2 N–H and O–H groups in total. The first-order chi connectivity index (χ1) is 15.4. The Morgan fingerprint density at radius 2 is 1.97 bits per heavy atom. The Morgan fingerprint density at radius 3 is 2.62 bits per heavy atom. The van der Waals surface area contributed by atoms with Crippen LogP contribution >= 0.6 is 11.6 Å². The molecule has 0 saturated heterocycles. The molecule has 0 spiro atoms. The number of carbonyl (C=O) groups is 2. The van der Waals surface area contributed by atoms with E-state index in [1.807, 2.05) is 24.3 Å². The van der Waals surface area contributed by atoms with Gasteiger partial charge in [0.15, 0.2) is 0 Å². The first-order valence-electron chi connectivity index (χ1n) is 10.3. The number of halogens is 1. The SMILES string of the molecule is CC=C(C=N)C=CC(=O)NCC1Cc2cc(-c3ccc(C(=O)OCC)cc3)cc(Cl)c2O1. The quantitative estimate of drug-likeness (QED) is 0.261. The fourth-order valence-corrected chi connectivity index (χ4v) is 3.64. The number of fused-ring (bicyclic) bond motifs is 1. The van der Waals surface area contributed by atoms with Gasteiger partial charge in [-0.3, -0.25) is 4.79 Å². The second-order valence-corrected chi connectivity index (χ2v) is 7.61. The Kier molecular flexibility index (Phi) is 7.84. The average molecular weight is 453 g/mol. The highest BCUT2D eigenvalue weighted by Gasteiger charge is 2.26. The lowest BCUT2D eigenvalue weighted by Gasteiger charge is -2.11. The number of ether oxygens (including phenoxy) is 2. The zero-order chi connectivity index (χ0) is 23.1. The third-order valence-corrected chi connectivity index (χ3v) is 5.29. The topological polar surface area (TPSA) is 88.5 Å². The van der Waals surface area contributed by atoms with Gasteiger partial charge < -0.3 is 20.2 Å². The zero-order valence-electron chi connectivity index (χ0n) is 18.0. The molecule has 6 nitrogen and oxygen atoms in total. The molecule has 1 unspecified atom stereocenters. The summed E-state index contributed by atoms with van der Waals surface area (Å²) < 4.78 is 11.0. The summed E-state index contributed by atoms with van der Waals surface area (Å²) in [6, 6.07) is 11.0. The number of benzene rings is 2. The normalized spacial score (nSPS) is 15.2. The molecule has 0 saturated carbocycles. The molecule has 3 rings (SSSR count). The molecule has 0 bridgehead atoms. The number of allylic oxidation sites excluding steroid dienone is 3. The maximum absolute atomic E-state index is 12.0. The molecular weight excluding hydrogens is 428 g/mol. The minimum Gasteiger partial charge on any atom is -0.486 e. The van der Waals surface area contributed by atoms with Crippen molar-refractivity contribution < 1.29 is 19.1 Å². The van der Waals surface area contributed by atoms with Gasteiger partial charge in [-0.1, -0.05) is 29.8 Å². The van der Waals surface area contributed by atoms with Crippen molar-refractivity contribution in [3.05, 3.63) is 76.3 Å². The minimum absolute atomic E-state index is 0.217. The molecule has 32 heavy (non-hydrogen) atoms. The Morgan fingerprint density at radius 1 is 1.22 bits per heavy atom. The van der Waals surface area contributed by atoms with E-state index in [1.54, 1.807) is 38.1 Å². The van der Waals surface area contributed by atoms with Crippen LogP contribution in [0.25, 0.3) is 11.1 Å². The van der Waals surface area contributed by atoms with Crippen molar-refractivity contribution in [2.24, 2.45) is 0 Å². The molecule has 1 aliphatic rings. The lowest BCUT2D eigenvalue weighted by molar-refractivity contribution is -0.116. The van der Waals surface area contributed by atoms with Crippen molar-refractivity contribution in [3.63, 3.8) is 0 Å². The van der Waals surface area contributed by atoms with Gasteiger partial charge in [0.1, 0.15) is 11.9 Å². The van der Waals surface area contributed by atoms with E-state index in [9.17, 15) is 9.59 Å². The molecule has 0 fully saturated rings. The van der Waals surface area contributed by atoms with Crippen molar-refractivity contribution >= 4 is 29.7 Å². The molecule has 1 aliphatic heterocycles. The van der Waals surface area contributed by atoms with Crippen LogP contribution in [-0.4, -0.2) is 37.3 Å². The van der Waals surface area contributed by atoms with Gasteiger partial charge in [-0.05, 0) is 60.9 Å². The molecule has 2 aromatic rings. The van der Waals surface area contributed by atoms with E-state index in [2.05, 4.69) is 5.32 Å². The van der Waals surface area contributed by atoms with Crippen molar-refractivity contribution in [1.29, 1.82) is 5.41 Å². The van der Waals surface area contributed by atoms with E-state index in [4.69, 9.17) is 26.5 Å². The van der Waals surface area contributed by atoms with E-state index in [0.717, 1.165) is 16.7 Å². The Balaban J connectivity index is 1.65. The van der Waals surface area contributed by atoms with Gasteiger partial charge in [0.05, 0.1) is 23.7 Å². The van der Waals surface area contributed by atoms with Gasteiger partial charge in [-0.2, -0.15) is 0 Å². The van der Waals surface area contributed by atoms with Crippen LogP contribution in [0.2, 0.25) is 5.02 Å². The summed E-state index contributed by atoms with van der Waals surface area (Å²) in [6.45, 7) is 4.25. The monoisotopic (exact) mass is 452 g/mol. The third-order valence-electron chi connectivity index (χ3n) is 5.01. The first kappa shape index (κ1) is 23.3. The third kappa shape index (κ3) is 5.65. The van der Waals surface area contributed by atoms with Gasteiger partial charge >= 0.3 is 5.97 Å². The summed E-state index contributed by atoms with van der Waals surface area (Å²) in [4.78, 5) is 23.9. The maximum Gasteiger partial charge on any atom is 0.338 e. The zero-order valence-corrected chi connectivity index (χ0v) is 18.7. The number of hydrogen-bond donors (Lipinski definition) is 2. The van der Waals surface area contributed by atoms with Crippen LogP contribution < -0.4 is 10.1 Å². The number of amides is 1. The average Bonchev–Trinajstić information content (AvgIpc) is 3.22. The number of carbonyl (C=O) groups excluding carboxylic acids is 2. The van der Waals surface area contributed by atoms with E-state index in [-0.39, 0.29) is 18.0 Å². The molecule has 1 amide bonds. The summed E-state index contributed by atoms with van der Waals surface area (Å²) in [5.74, 6) is 0.0338. The van der Waals surface area contributed by atoms with Gasteiger partial charge in [0.25, 0.3) is 0 Å². The number of rotatable bonds is 8. The maximum atomic E-state index is 12.0. The Labute approximate surface area is 192 Å². The summed E-state index contributed by atoms with van der Waals surface area (Å²) in [6.07, 6.45) is 6.32. The van der Waals surface area contributed by atoms with Gasteiger partial charge in [0.2, 0.25) is 5.91 Å². The fraction of sp³-hybridized carbons (Fsp3) is 0.240. The largest absolute Gasteiger partial charge is 0.486 e. The molecule has 1 heterocycles. The molecule has 1 atom stereocenters. The number of hydrogen-bond acceptors (Lipinski definition) is 5. The van der Waals surface area contributed by atoms with E-state index in [0.29, 0.717) is 41.5 Å². The van der Waals surface area contributed by atoms with E-state index >= 15 is 0 Å². The minimum atomic E-state index is -0.348. The predicted octanol–water partition coefficient (Wildman–Crippen LogP) is 4.76. The second-order valence-electron chi connectivity index (χ2n) is 7.20. The Bertz CT molecular complexity index is 1070. The van der Waals surface area contributed by atoms with Crippen LogP contribution in [0.5, 0.6) is 5.75 Å². The van der Waals surface area contributed by atoms with Gasteiger partial charge in [0, 0.05) is 24.3 Å². The van der Waals surface area contributed by atoms with Crippen LogP contribution in [0.3, 0.4) is 0 Å². The Hall–Kier alpha value is -3.38. The lowest BCUT2D eigenvalue weighted by atomic mass is 10.00. The second kappa shape index (κ2) is 10.8. The summed E-state index contributed by atoms with van der Waals surface area (Å²) in [5, 5.41) is 10.6. The van der Waals surface area contributed by atoms with Gasteiger partial charge in [-0.25, -0.2) is 4.79 Å².